The fraction of sp³-hybridized carbons (Fsp3) is 0.148. The molecule has 3 aromatic carbocycles. The van der Waals surface area contributed by atoms with Gasteiger partial charge < -0.3 is 20.9 Å². The quantitative estimate of drug-likeness (QED) is 0.202. The molecule has 39 heavy (non-hydrogen) atoms. The highest BCUT2D eigenvalue weighted by atomic mass is 19.4. The van der Waals surface area contributed by atoms with E-state index in [1.54, 1.807) is 60.7 Å². The van der Waals surface area contributed by atoms with E-state index in [1.165, 1.54) is 7.11 Å². The molecule has 3 rings (SSSR count). The number of nitrogens with one attached hydrogen (secondary N) is 2. The van der Waals surface area contributed by atoms with Crippen molar-refractivity contribution in [2.45, 2.75) is 18.6 Å². The van der Waals surface area contributed by atoms with Crippen LogP contribution in [0.1, 0.15) is 27.0 Å². The molecule has 0 heterocycles. The van der Waals surface area contributed by atoms with E-state index in [2.05, 4.69) is 11.4 Å². The Bertz CT molecular complexity index is 1400. The van der Waals surface area contributed by atoms with Crippen LogP contribution in [0.15, 0.2) is 72.8 Å². The average molecular weight is 540 g/mol. The normalized spacial score (nSPS) is 11.2. The maximum atomic E-state index is 12.8. The Morgan fingerprint density at radius 2 is 1.67 bits per heavy atom. The monoisotopic (exact) mass is 540 g/mol. The number of hydrogen-bond donors (Lipinski definition) is 4. The fourth-order valence-electron chi connectivity index (χ4n) is 3.31. The second kappa shape index (κ2) is 13.4. The van der Waals surface area contributed by atoms with E-state index >= 15 is 0 Å². The third-order valence-electron chi connectivity index (χ3n) is 5.22. The molecule has 0 radical (unpaired) electrons. The van der Waals surface area contributed by atoms with Crippen molar-refractivity contribution in [2.75, 3.05) is 7.11 Å². The topological polar surface area (TPSA) is 166 Å². The highest BCUT2D eigenvalue weighted by Gasteiger charge is 2.38. The summed E-state index contributed by atoms with van der Waals surface area (Å²) < 4.78 is 36.6. The van der Waals surface area contributed by atoms with E-state index in [0.717, 1.165) is 16.7 Å². The Morgan fingerprint density at radius 3 is 2.21 bits per heavy atom. The Morgan fingerprint density at radius 1 is 1.05 bits per heavy atom. The first-order chi connectivity index (χ1) is 18.4. The minimum absolute atomic E-state index is 0.0800. The predicted octanol–water partition coefficient (Wildman–Crippen LogP) is 3.66. The van der Waals surface area contributed by atoms with Crippen LogP contribution in [-0.2, 0) is 20.7 Å². The van der Waals surface area contributed by atoms with Gasteiger partial charge in [0.15, 0.2) is 0 Å². The SMILES string of the molecule is COC(=O)[C@H](Cc1cccc(C(=N)N)c1)NC(=O)c1ccc(-c2ccccc2C#N)cc1.O=C(O)C(F)(F)F. The van der Waals surface area contributed by atoms with E-state index in [-0.39, 0.29) is 12.3 Å². The summed E-state index contributed by atoms with van der Waals surface area (Å²) in [6.45, 7) is 0. The molecule has 0 aliphatic heterocycles. The minimum Gasteiger partial charge on any atom is -0.475 e. The molecule has 5 N–H and O–H groups in total. The average Bonchev–Trinajstić information content (AvgIpc) is 2.92. The van der Waals surface area contributed by atoms with Gasteiger partial charge in [-0.05, 0) is 41.0 Å². The minimum atomic E-state index is -5.08. The Labute approximate surface area is 221 Å². The largest absolute Gasteiger partial charge is 0.490 e. The Kier molecular flexibility index (Phi) is 10.3. The van der Waals surface area contributed by atoms with Crippen LogP contribution in [0.5, 0.6) is 0 Å². The molecular weight excluding hydrogens is 517 g/mol. The number of benzene rings is 3. The number of nitriles is 1. The zero-order chi connectivity index (χ0) is 29.2. The van der Waals surface area contributed by atoms with Crippen LogP contribution in [0.4, 0.5) is 13.2 Å². The lowest BCUT2D eigenvalue weighted by Crippen LogP contribution is -2.43. The molecule has 0 saturated carbocycles. The van der Waals surface area contributed by atoms with Gasteiger partial charge in [-0.25, -0.2) is 9.59 Å². The predicted molar refractivity (Wildman–Crippen MR) is 135 cm³/mol. The zero-order valence-electron chi connectivity index (χ0n) is 20.5. The molecule has 1 amide bonds. The summed E-state index contributed by atoms with van der Waals surface area (Å²) in [6, 6.07) is 22.2. The number of esters is 1. The molecule has 0 saturated heterocycles. The number of hydrogen-bond acceptors (Lipinski definition) is 6. The van der Waals surface area contributed by atoms with Gasteiger partial charge >= 0.3 is 18.1 Å². The summed E-state index contributed by atoms with van der Waals surface area (Å²) in [5.41, 5.74) is 9.30. The van der Waals surface area contributed by atoms with Crippen molar-refractivity contribution in [2.24, 2.45) is 5.73 Å². The van der Waals surface area contributed by atoms with Crippen molar-refractivity contribution in [1.82, 2.24) is 5.32 Å². The van der Waals surface area contributed by atoms with E-state index in [0.29, 0.717) is 16.7 Å². The van der Waals surface area contributed by atoms with Crippen molar-refractivity contribution >= 4 is 23.7 Å². The van der Waals surface area contributed by atoms with Gasteiger partial charge in [0.05, 0.1) is 18.7 Å². The van der Waals surface area contributed by atoms with Crippen LogP contribution >= 0.6 is 0 Å². The first-order valence-corrected chi connectivity index (χ1v) is 11.1. The fourth-order valence-corrected chi connectivity index (χ4v) is 3.31. The molecule has 0 fully saturated rings. The van der Waals surface area contributed by atoms with Crippen molar-refractivity contribution in [3.8, 4) is 17.2 Å². The molecule has 0 unspecified atom stereocenters. The van der Waals surface area contributed by atoms with Crippen molar-refractivity contribution in [3.63, 3.8) is 0 Å². The molecule has 0 bridgehead atoms. The Balaban J connectivity index is 0.000000673. The second-order valence-electron chi connectivity index (χ2n) is 7.91. The van der Waals surface area contributed by atoms with E-state index in [4.69, 9.17) is 25.8 Å². The molecule has 1 atom stereocenters. The lowest BCUT2D eigenvalue weighted by atomic mass is 9.99. The molecular formula is C27H23F3N4O5. The van der Waals surface area contributed by atoms with E-state index in [1.807, 2.05) is 12.1 Å². The molecule has 9 nitrogen and oxygen atoms in total. The molecule has 3 aromatic rings. The van der Waals surface area contributed by atoms with Gasteiger partial charge in [-0.1, -0.05) is 48.5 Å². The number of amidine groups is 1. The molecule has 0 aromatic heterocycles. The van der Waals surface area contributed by atoms with Gasteiger partial charge in [0.25, 0.3) is 5.91 Å². The molecule has 0 spiro atoms. The van der Waals surface area contributed by atoms with Crippen LogP contribution in [0.3, 0.4) is 0 Å². The number of nitrogen functional groups attached to an aromatic ring is 1. The molecule has 12 heteroatoms. The molecule has 0 aliphatic carbocycles. The first-order valence-electron chi connectivity index (χ1n) is 11.1. The lowest BCUT2D eigenvalue weighted by Gasteiger charge is -2.17. The summed E-state index contributed by atoms with van der Waals surface area (Å²) in [7, 11) is 1.26. The molecule has 0 aliphatic rings. The second-order valence-corrected chi connectivity index (χ2v) is 7.91. The third-order valence-corrected chi connectivity index (χ3v) is 5.22. The summed E-state index contributed by atoms with van der Waals surface area (Å²) >= 11 is 0. The van der Waals surface area contributed by atoms with Gasteiger partial charge in [0.2, 0.25) is 0 Å². The Hall–Kier alpha value is -5.18. The van der Waals surface area contributed by atoms with Gasteiger partial charge in [-0.15, -0.1) is 0 Å². The number of amides is 1. The number of carboxylic acid groups (broad SMARTS) is 1. The zero-order valence-corrected chi connectivity index (χ0v) is 20.5. The summed E-state index contributed by atoms with van der Waals surface area (Å²) in [4.78, 5) is 34.0. The van der Waals surface area contributed by atoms with Gasteiger partial charge in [0, 0.05) is 17.5 Å². The van der Waals surface area contributed by atoms with Crippen molar-refractivity contribution < 1.29 is 37.4 Å². The number of carbonyl (C=O) groups is 3. The van der Waals surface area contributed by atoms with Crippen LogP contribution in [0, 0.1) is 16.7 Å². The van der Waals surface area contributed by atoms with Crippen molar-refractivity contribution in [3.05, 3.63) is 95.1 Å². The lowest BCUT2D eigenvalue weighted by molar-refractivity contribution is -0.192. The number of methoxy groups -OCH3 is 1. The number of alkyl halides is 3. The summed E-state index contributed by atoms with van der Waals surface area (Å²) in [6.07, 6.45) is -4.90. The molecule has 202 valence electrons. The van der Waals surface area contributed by atoms with Crippen molar-refractivity contribution in [1.29, 1.82) is 10.7 Å². The number of halogens is 3. The number of nitrogens with two attached hydrogens (primary N) is 1. The van der Waals surface area contributed by atoms with Crippen LogP contribution < -0.4 is 11.1 Å². The number of carbonyl (C=O) groups excluding carboxylic acids is 2. The van der Waals surface area contributed by atoms with E-state index in [9.17, 15) is 28.0 Å². The van der Waals surface area contributed by atoms with Crippen LogP contribution in [0.2, 0.25) is 0 Å². The maximum Gasteiger partial charge on any atom is 0.490 e. The van der Waals surface area contributed by atoms with Crippen LogP contribution in [-0.4, -0.2) is 48.1 Å². The summed E-state index contributed by atoms with van der Waals surface area (Å²) in [5, 5.41) is 26.7. The standard InChI is InChI=1S/C25H22N4O3.C2HF3O2/c1-32-25(31)22(14-16-5-4-7-19(13-16)23(27)28)29-24(30)18-11-9-17(10-12-18)21-8-3-2-6-20(21)15-26;3-2(4,5)1(6)7/h2-13,22H,14H2,1H3,(H3,27,28)(H,29,30);(H,6,7)/t22-;/m0./s1. The number of ether oxygens (including phenoxy) is 1. The highest BCUT2D eigenvalue weighted by Crippen LogP contribution is 2.23. The van der Waals surface area contributed by atoms with Gasteiger partial charge in [0.1, 0.15) is 11.9 Å². The van der Waals surface area contributed by atoms with E-state index < -0.39 is 30.1 Å². The summed E-state index contributed by atoms with van der Waals surface area (Å²) in [5.74, 6) is -3.84. The number of aliphatic carboxylic acids is 1. The number of nitrogens with zero attached hydrogens (tertiary/aromatic N) is 1. The number of carboxylic acids is 1. The van der Waals surface area contributed by atoms with Gasteiger partial charge in [-0.3, -0.25) is 10.2 Å². The smallest absolute Gasteiger partial charge is 0.475 e. The highest BCUT2D eigenvalue weighted by molar-refractivity contribution is 5.97. The maximum absolute atomic E-state index is 12.8. The van der Waals surface area contributed by atoms with Gasteiger partial charge in [-0.2, -0.15) is 18.4 Å². The number of rotatable bonds is 7. The third kappa shape index (κ3) is 8.71. The van der Waals surface area contributed by atoms with Crippen LogP contribution in [0.25, 0.3) is 11.1 Å². The first kappa shape index (κ1) is 30.0.